The molecule has 0 saturated carbocycles. The van der Waals surface area contributed by atoms with Crippen molar-refractivity contribution >= 4 is 27.8 Å². The van der Waals surface area contributed by atoms with Crippen molar-refractivity contribution in [2.75, 3.05) is 38.1 Å². The zero-order valence-electron chi connectivity index (χ0n) is 17.4. The topological polar surface area (TPSA) is 45.7 Å². The van der Waals surface area contributed by atoms with E-state index in [2.05, 4.69) is 53.2 Å². The lowest BCUT2D eigenvalue weighted by atomic mass is 10.0. The maximum absolute atomic E-state index is 5.90. The summed E-state index contributed by atoms with van der Waals surface area (Å²) in [4.78, 5) is 9.56. The summed E-state index contributed by atoms with van der Waals surface area (Å²) in [5, 5.41) is 1.07. The molecule has 3 aromatic heterocycles. The third-order valence-electron chi connectivity index (χ3n) is 6.25. The predicted octanol–water partition coefficient (Wildman–Crippen LogP) is 5.66. The molecule has 5 nitrogen and oxygen atoms in total. The van der Waals surface area contributed by atoms with Crippen LogP contribution < -0.4 is 4.90 Å². The highest BCUT2D eigenvalue weighted by Gasteiger charge is 2.16. The van der Waals surface area contributed by atoms with Crippen LogP contribution in [-0.4, -0.2) is 43.1 Å². The fourth-order valence-corrected chi connectivity index (χ4v) is 4.38. The number of hydrogen-bond acceptors (Lipinski definition) is 5. The third-order valence-corrected chi connectivity index (χ3v) is 6.25. The largest absolute Gasteiger partial charge is 0.464 e. The molecule has 1 aliphatic heterocycles. The molecule has 0 aliphatic carbocycles. The fraction of sp³-hybridized carbons (Fsp3) is 0.192. The Labute approximate surface area is 180 Å². The van der Waals surface area contributed by atoms with Gasteiger partial charge in [0.15, 0.2) is 5.58 Å². The number of furan rings is 2. The van der Waals surface area contributed by atoms with Gasteiger partial charge in [0.1, 0.15) is 17.4 Å². The van der Waals surface area contributed by atoms with E-state index in [0.717, 1.165) is 70.5 Å². The van der Waals surface area contributed by atoms with Crippen LogP contribution in [0.1, 0.15) is 0 Å². The van der Waals surface area contributed by atoms with Gasteiger partial charge in [-0.3, -0.25) is 4.98 Å². The number of nitrogens with zero attached hydrogens (tertiary/aromatic N) is 3. The van der Waals surface area contributed by atoms with E-state index in [0.29, 0.717) is 0 Å². The average Bonchev–Trinajstić information content (AvgIpc) is 3.43. The van der Waals surface area contributed by atoms with Gasteiger partial charge in [0.05, 0.1) is 11.8 Å². The van der Waals surface area contributed by atoms with Gasteiger partial charge < -0.3 is 18.6 Å². The Morgan fingerprint density at radius 3 is 2.35 bits per heavy atom. The number of likely N-dealkylation sites (N-methyl/N-ethyl adjacent to an activating group) is 1. The van der Waals surface area contributed by atoms with Crippen LogP contribution in [0, 0.1) is 0 Å². The Hall–Kier alpha value is -3.57. The van der Waals surface area contributed by atoms with Crippen LogP contribution in [0.4, 0.5) is 5.69 Å². The van der Waals surface area contributed by atoms with Crippen LogP contribution >= 0.6 is 0 Å². The number of benzene rings is 2. The van der Waals surface area contributed by atoms with Crippen LogP contribution in [0.15, 0.2) is 82.2 Å². The maximum Gasteiger partial charge on any atom is 0.153 e. The normalized spacial score (nSPS) is 15.2. The zero-order chi connectivity index (χ0) is 20.8. The molecule has 1 aliphatic rings. The van der Waals surface area contributed by atoms with Crippen molar-refractivity contribution in [2.24, 2.45) is 0 Å². The molecule has 1 fully saturated rings. The minimum Gasteiger partial charge on any atom is -0.464 e. The molecule has 0 bridgehead atoms. The molecule has 0 spiro atoms. The SMILES string of the molecule is CN1CCN(c2ccc(-c3cnc4c(-c5coc6ccccc56)coc4c3)cc2)CC1. The van der Waals surface area contributed by atoms with Crippen LogP contribution in [0.3, 0.4) is 0 Å². The van der Waals surface area contributed by atoms with Crippen LogP contribution in [0.25, 0.3) is 44.3 Å². The highest BCUT2D eigenvalue weighted by atomic mass is 16.3. The molecule has 2 aromatic carbocycles. The highest BCUT2D eigenvalue weighted by molar-refractivity contribution is 6.02. The minimum absolute atomic E-state index is 0.779. The lowest BCUT2D eigenvalue weighted by Crippen LogP contribution is -2.44. The molecule has 5 aromatic rings. The Bertz CT molecular complexity index is 1360. The second kappa shape index (κ2) is 7.29. The van der Waals surface area contributed by atoms with E-state index in [9.17, 15) is 0 Å². The van der Waals surface area contributed by atoms with Crippen molar-refractivity contribution in [1.29, 1.82) is 0 Å². The number of rotatable bonds is 3. The third kappa shape index (κ3) is 3.18. The molecular formula is C26H23N3O2. The van der Waals surface area contributed by atoms with Crippen molar-refractivity contribution in [3.63, 3.8) is 0 Å². The van der Waals surface area contributed by atoms with E-state index in [-0.39, 0.29) is 0 Å². The number of anilines is 1. The van der Waals surface area contributed by atoms with Crippen LogP contribution in [0.2, 0.25) is 0 Å². The van der Waals surface area contributed by atoms with Gasteiger partial charge in [0.2, 0.25) is 0 Å². The van der Waals surface area contributed by atoms with Gasteiger partial charge >= 0.3 is 0 Å². The second-order valence-corrected chi connectivity index (χ2v) is 8.20. The monoisotopic (exact) mass is 409 g/mol. The number of pyridine rings is 1. The minimum atomic E-state index is 0.779. The van der Waals surface area contributed by atoms with Gasteiger partial charge in [-0.25, -0.2) is 0 Å². The summed E-state index contributed by atoms with van der Waals surface area (Å²) in [5.41, 5.74) is 7.92. The van der Waals surface area contributed by atoms with Crippen LogP contribution in [-0.2, 0) is 0 Å². The van der Waals surface area contributed by atoms with E-state index in [4.69, 9.17) is 13.8 Å². The summed E-state index contributed by atoms with van der Waals surface area (Å²) < 4.78 is 11.6. The van der Waals surface area contributed by atoms with Gasteiger partial charge in [0.25, 0.3) is 0 Å². The summed E-state index contributed by atoms with van der Waals surface area (Å²) in [6.45, 7) is 4.35. The first-order valence-corrected chi connectivity index (χ1v) is 10.6. The van der Waals surface area contributed by atoms with Gasteiger partial charge in [-0.1, -0.05) is 30.3 Å². The lowest BCUT2D eigenvalue weighted by molar-refractivity contribution is 0.313. The number of hydrogen-bond donors (Lipinski definition) is 0. The molecule has 0 atom stereocenters. The molecular weight excluding hydrogens is 386 g/mol. The number of piperazine rings is 1. The molecule has 4 heterocycles. The fourth-order valence-electron chi connectivity index (χ4n) is 4.38. The molecule has 6 rings (SSSR count). The van der Waals surface area contributed by atoms with Crippen molar-refractivity contribution in [1.82, 2.24) is 9.88 Å². The van der Waals surface area contributed by atoms with Crippen molar-refractivity contribution in [3.8, 4) is 22.3 Å². The summed E-state index contributed by atoms with van der Waals surface area (Å²) in [7, 11) is 2.18. The smallest absolute Gasteiger partial charge is 0.153 e. The lowest BCUT2D eigenvalue weighted by Gasteiger charge is -2.34. The predicted molar refractivity (Wildman–Crippen MR) is 124 cm³/mol. The quantitative estimate of drug-likeness (QED) is 0.385. The first-order valence-electron chi connectivity index (χ1n) is 10.6. The standard InChI is InChI=1S/C26H23N3O2/c1-28-10-12-29(13-11-28)20-8-6-18(7-9-20)19-14-25-26(27-15-19)23(17-31-25)22-16-30-24-5-3-2-4-21(22)24/h2-9,14-17H,10-13H2,1H3. The Morgan fingerprint density at radius 1 is 0.774 bits per heavy atom. The first kappa shape index (κ1) is 18.2. The Balaban J connectivity index is 1.31. The first-order chi connectivity index (χ1) is 15.3. The van der Waals surface area contributed by atoms with E-state index in [1.54, 1.807) is 12.5 Å². The summed E-state index contributed by atoms with van der Waals surface area (Å²) in [5.74, 6) is 0. The van der Waals surface area contributed by atoms with Gasteiger partial charge in [-0.05, 0) is 36.9 Å². The van der Waals surface area contributed by atoms with Crippen molar-refractivity contribution < 1.29 is 8.83 Å². The van der Waals surface area contributed by atoms with Crippen molar-refractivity contribution in [3.05, 3.63) is 73.3 Å². The zero-order valence-corrected chi connectivity index (χ0v) is 17.4. The van der Waals surface area contributed by atoms with Gasteiger partial charge in [-0.2, -0.15) is 0 Å². The highest BCUT2D eigenvalue weighted by Crippen LogP contribution is 2.36. The van der Waals surface area contributed by atoms with Gasteiger partial charge in [0, 0.05) is 54.6 Å². The molecule has 0 N–H and O–H groups in total. The summed E-state index contributed by atoms with van der Waals surface area (Å²) in [6, 6.07) is 18.8. The molecule has 0 unspecified atom stereocenters. The summed E-state index contributed by atoms with van der Waals surface area (Å²) in [6.07, 6.45) is 5.48. The Kier molecular flexibility index (Phi) is 4.28. The molecule has 154 valence electrons. The van der Waals surface area contributed by atoms with E-state index in [1.165, 1.54) is 5.69 Å². The van der Waals surface area contributed by atoms with E-state index >= 15 is 0 Å². The van der Waals surface area contributed by atoms with Crippen LogP contribution in [0.5, 0.6) is 0 Å². The molecule has 0 amide bonds. The molecule has 5 heteroatoms. The number of aromatic nitrogens is 1. The number of fused-ring (bicyclic) bond motifs is 2. The molecule has 1 saturated heterocycles. The molecule has 31 heavy (non-hydrogen) atoms. The molecule has 0 radical (unpaired) electrons. The van der Waals surface area contributed by atoms with Gasteiger partial charge in [-0.15, -0.1) is 0 Å². The van der Waals surface area contributed by atoms with E-state index in [1.807, 2.05) is 24.4 Å². The Morgan fingerprint density at radius 2 is 1.52 bits per heavy atom. The average molecular weight is 409 g/mol. The number of para-hydroxylation sites is 1. The van der Waals surface area contributed by atoms with E-state index < -0.39 is 0 Å². The van der Waals surface area contributed by atoms with Crippen molar-refractivity contribution in [2.45, 2.75) is 0 Å². The second-order valence-electron chi connectivity index (χ2n) is 8.20. The maximum atomic E-state index is 5.90. The summed E-state index contributed by atoms with van der Waals surface area (Å²) >= 11 is 0.